The van der Waals surface area contributed by atoms with Gasteiger partial charge in [0.05, 0.1) is 11.4 Å². The Labute approximate surface area is 96.8 Å². The van der Waals surface area contributed by atoms with Gasteiger partial charge in [-0.1, -0.05) is 12.1 Å². The van der Waals surface area contributed by atoms with E-state index in [9.17, 15) is 4.79 Å². The van der Waals surface area contributed by atoms with Crippen molar-refractivity contribution in [3.8, 4) is 0 Å². The summed E-state index contributed by atoms with van der Waals surface area (Å²) in [5.41, 5.74) is 0.909. The molecule has 1 amide bonds. The molecule has 0 spiro atoms. The van der Waals surface area contributed by atoms with Crippen molar-refractivity contribution in [3.05, 3.63) is 28.7 Å². The van der Waals surface area contributed by atoms with E-state index >= 15 is 0 Å². The van der Waals surface area contributed by atoms with Gasteiger partial charge in [0.15, 0.2) is 0 Å². The number of halogens is 1. The SMILES string of the molecule is CSCC(=O)N(C)c1ccccc1Br. The average molecular weight is 274 g/mol. The van der Waals surface area contributed by atoms with Gasteiger partial charge in [-0.15, -0.1) is 0 Å². The van der Waals surface area contributed by atoms with E-state index in [1.54, 1.807) is 11.9 Å². The summed E-state index contributed by atoms with van der Waals surface area (Å²) >= 11 is 4.95. The van der Waals surface area contributed by atoms with Crippen LogP contribution in [-0.4, -0.2) is 25.0 Å². The third kappa shape index (κ3) is 2.75. The van der Waals surface area contributed by atoms with Crippen LogP contribution in [0.3, 0.4) is 0 Å². The minimum absolute atomic E-state index is 0.115. The summed E-state index contributed by atoms with van der Waals surface area (Å²) in [5, 5.41) is 0. The molecule has 0 heterocycles. The van der Waals surface area contributed by atoms with E-state index in [0.29, 0.717) is 5.75 Å². The summed E-state index contributed by atoms with van der Waals surface area (Å²) in [7, 11) is 1.79. The summed E-state index contributed by atoms with van der Waals surface area (Å²) in [6.45, 7) is 0. The molecule has 1 rings (SSSR count). The van der Waals surface area contributed by atoms with Crippen molar-refractivity contribution in [2.24, 2.45) is 0 Å². The molecule has 0 aliphatic rings. The lowest BCUT2D eigenvalue weighted by atomic mass is 10.3. The Balaban J connectivity index is 2.84. The summed E-state index contributed by atoms with van der Waals surface area (Å²) in [4.78, 5) is 13.2. The molecule has 0 atom stereocenters. The van der Waals surface area contributed by atoms with Gasteiger partial charge in [-0.2, -0.15) is 11.8 Å². The lowest BCUT2D eigenvalue weighted by molar-refractivity contribution is -0.115. The number of nitrogens with zero attached hydrogens (tertiary/aromatic N) is 1. The quantitative estimate of drug-likeness (QED) is 0.844. The fourth-order valence-corrected chi connectivity index (χ4v) is 2.07. The molecule has 1 aromatic rings. The molecule has 0 aromatic heterocycles. The van der Waals surface area contributed by atoms with Crippen molar-refractivity contribution in [2.45, 2.75) is 0 Å². The highest BCUT2D eigenvalue weighted by Crippen LogP contribution is 2.24. The van der Waals surface area contributed by atoms with Crippen molar-refractivity contribution >= 4 is 39.3 Å². The first-order chi connectivity index (χ1) is 6.66. The number of hydrogen-bond donors (Lipinski definition) is 0. The Hall–Kier alpha value is -0.480. The third-order valence-corrected chi connectivity index (χ3v) is 3.06. The Bertz CT molecular complexity index is 330. The Morgan fingerprint density at radius 3 is 2.71 bits per heavy atom. The molecule has 0 bridgehead atoms. The van der Waals surface area contributed by atoms with Crippen LogP contribution in [0.4, 0.5) is 5.69 Å². The van der Waals surface area contributed by atoms with Crippen LogP contribution in [0.5, 0.6) is 0 Å². The normalized spacial score (nSPS) is 9.93. The molecule has 0 aliphatic carbocycles. The van der Waals surface area contributed by atoms with Gasteiger partial charge >= 0.3 is 0 Å². The lowest BCUT2D eigenvalue weighted by Crippen LogP contribution is -2.28. The number of para-hydroxylation sites is 1. The fourth-order valence-electron chi connectivity index (χ4n) is 1.08. The monoisotopic (exact) mass is 273 g/mol. The molecule has 1 aromatic carbocycles. The highest BCUT2D eigenvalue weighted by Gasteiger charge is 2.11. The lowest BCUT2D eigenvalue weighted by Gasteiger charge is -2.18. The fraction of sp³-hybridized carbons (Fsp3) is 0.300. The van der Waals surface area contributed by atoms with Gasteiger partial charge in [0.2, 0.25) is 5.91 Å². The topological polar surface area (TPSA) is 20.3 Å². The smallest absolute Gasteiger partial charge is 0.236 e. The van der Waals surface area contributed by atoms with Gasteiger partial charge in [0.25, 0.3) is 0 Å². The summed E-state index contributed by atoms with van der Waals surface area (Å²) in [5.74, 6) is 0.627. The van der Waals surface area contributed by atoms with Gasteiger partial charge in [0.1, 0.15) is 0 Å². The molecule has 4 heteroatoms. The minimum Gasteiger partial charge on any atom is -0.314 e. The van der Waals surface area contributed by atoms with Crippen LogP contribution >= 0.6 is 27.7 Å². The van der Waals surface area contributed by atoms with E-state index in [0.717, 1.165) is 10.2 Å². The zero-order valence-corrected chi connectivity index (χ0v) is 10.6. The first-order valence-corrected chi connectivity index (χ1v) is 6.35. The third-order valence-electron chi connectivity index (χ3n) is 1.86. The van der Waals surface area contributed by atoms with Crippen LogP contribution in [0.1, 0.15) is 0 Å². The van der Waals surface area contributed by atoms with E-state index in [1.165, 1.54) is 11.8 Å². The van der Waals surface area contributed by atoms with E-state index in [1.807, 2.05) is 30.5 Å². The number of hydrogen-bond acceptors (Lipinski definition) is 2. The molecule has 0 N–H and O–H groups in total. The van der Waals surface area contributed by atoms with E-state index < -0.39 is 0 Å². The highest BCUT2D eigenvalue weighted by molar-refractivity contribution is 9.10. The summed E-state index contributed by atoms with van der Waals surface area (Å²) < 4.78 is 0.942. The van der Waals surface area contributed by atoms with Crippen LogP contribution in [0, 0.1) is 0 Å². The molecule has 0 saturated carbocycles. The van der Waals surface area contributed by atoms with Gasteiger partial charge in [-0.05, 0) is 34.3 Å². The van der Waals surface area contributed by atoms with E-state index in [-0.39, 0.29) is 5.91 Å². The highest BCUT2D eigenvalue weighted by atomic mass is 79.9. The number of carbonyl (C=O) groups is 1. The molecular formula is C10H12BrNOS. The summed E-state index contributed by atoms with van der Waals surface area (Å²) in [6, 6.07) is 7.70. The van der Waals surface area contributed by atoms with E-state index in [4.69, 9.17) is 0 Å². The molecular weight excluding hydrogens is 262 g/mol. The zero-order chi connectivity index (χ0) is 10.6. The van der Waals surface area contributed by atoms with Crippen LogP contribution < -0.4 is 4.90 Å². The zero-order valence-electron chi connectivity index (χ0n) is 8.16. The van der Waals surface area contributed by atoms with Crippen LogP contribution in [0.2, 0.25) is 0 Å². The predicted molar refractivity (Wildman–Crippen MR) is 65.9 cm³/mol. The van der Waals surface area contributed by atoms with Crippen LogP contribution in [-0.2, 0) is 4.79 Å². The molecule has 0 aliphatic heterocycles. The molecule has 0 saturated heterocycles. The number of benzene rings is 1. The van der Waals surface area contributed by atoms with E-state index in [2.05, 4.69) is 15.9 Å². The van der Waals surface area contributed by atoms with Gasteiger partial charge in [0, 0.05) is 11.5 Å². The van der Waals surface area contributed by atoms with Gasteiger partial charge < -0.3 is 4.90 Å². The predicted octanol–water partition coefficient (Wildman–Crippen LogP) is 2.77. The second kappa shape index (κ2) is 5.41. The number of carbonyl (C=O) groups excluding carboxylic acids is 1. The summed E-state index contributed by atoms with van der Waals surface area (Å²) in [6.07, 6.45) is 1.92. The van der Waals surface area contributed by atoms with Crippen molar-refractivity contribution in [2.75, 3.05) is 24.0 Å². The second-order valence-electron chi connectivity index (χ2n) is 2.84. The molecule has 76 valence electrons. The standard InChI is InChI=1S/C10H12BrNOS/c1-12(10(13)7-14-2)9-6-4-3-5-8(9)11/h3-6H,7H2,1-2H3. The van der Waals surface area contributed by atoms with Gasteiger partial charge in [-0.25, -0.2) is 0 Å². The number of rotatable bonds is 3. The first-order valence-electron chi connectivity index (χ1n) is 4.17. The molecule has 14 heavy (non-hydrogen) atoms. The molecule has 0 radical (unpaired) electrons. The largest absolute Gasteiger partial charge is 0.314 e. The molecule has 2 nitrogen and oxygen atoms in total. The Morgan fingerprint density at radius 2 is 2.14 bits per heavy atom. The maximum atomic E-state index is 11.6. The average Bonchev–Trinajstić information content (AvgIpc) is 2.18. The molecule has 0 unspecified atom stereocenters. The Kier molecular flexibility index (Phi) is 4.48. The number of amides is 1. The molecule has 0 fully saturated rings. The first kappa shape index (κ1) is 11.6. The number of thioether (sulfide) groups is 1. The van der Waals surface area contributed by atoms with Crippen LogP contribution in [0.25, 0.3) is 0 Å². The number of anilines is 1. The maximum Gasteiger partial charge on any atom is 0.236 e. The van der Waals surface area contributed by atoms with Crippen molar-refractivity contribution in [1.29, 1.82) is 0 Å². The Morgan fingerprint density at radius 1 is 1.50 bits per heavy atom. The van der Waals surface area contributed by atoms with Crippen molar-refractivity contribution in [1.82, 2.24) is 0 Å². The van der Waals surface area contributed by atoms with Crippen molar-refractivity contribution < 1.29 is 4.79 Å². The van der Waals surface area contributed by atoms with Gasteiger partial charge in [-0.3, -0.25) is 4.79 Å². The maximum absolute atomic E-state index is 11.6. The minimum atomic E-state index is 0.115. The second-order valence-corrected chi connectivity index (χ2v) is 4.56. The van der Waals surface area contributed by atoms with Crippen molar-refractivity contribution in [3.63, 3.8) is 0 Å². The van der Waals surface area contributed by atoms with Crippen LogP contribution in [0.15, 0.2) is 28.7 Å².